The van der Waals surface area contributed by atoms with E-state index in [4.69, 9.17) is 5.11 Å². The SMILES string of the molecule is O=C(O)C(F)(F)C(F)(F)C(F)(F)C(F)(F)C(F)(F)C(F)(F)C(F)(F)C(F)(F)C(F)(F)C(F)(F)C(F)(F)C(F)(F)C(F)(F)C(F)(F)C(F)(F)C(F)(F)C(F)(F)C(F)(F)C(F)(F)C(F)(F)C(F)(F)C(F)(F)C(F)(F)C(F)(F)F. The summed E-state index contributed by atoms with van der Waals surface area (Å²) in [7, 11) is 0. The van der Waals surface area contributed by atoms with Gasteiger partial charge in [0.05, 0.1) is 0 Å². The van der Waals surface area contributed by atoms with Gasteiger partial charge in [-0.15, -0.1) is 0 Å². The molecule has 76 heavy (non-hydrogen) atoms. The van der Waals surface area contributed by atoms with Crippen LogP contribution in [0.2, 0.25) is 0 Å². The van der Waals surface area contributed by atoms with E-state index in [0.29, 0.717) is 0 Å². The lowest BCUT2D eigenvalue weighted by atomic mass is 9.81. The van der Waals surface area contributed by atoms with E-state index in [1.54, 1.807) is 0 Å². The Hall–Kier alpha value is -3.96. The van der Waals surface area contributed by atoms with Gasteiger partial charge < -0.3 is 5.11 Å². The lowest BCUT2D eigenvalue weighted by molar-refractivity contribution is -0.498. The number of halogens is 49. The van der Waals surface area contributed by atoms with Crippen LogP contribution in [0, 0.1) is 0 Å². The van der Waals surface area contributed by atoms with Crippen molar-refractivity contribution in [2.75, 3.05) is 0 Å². The minimum Gasteiger partial charge on any atom is -0.477 e. The van der Waals surface area contributed by atoms with Gasteiger partial charge in [-0.05, 0) is 0 Å². The van der Waals surface area contributed by atoms with E-state index in [2.05, 4.69) is 0 Å². The molecule has 0 fully saturated rings. The van der Waals surface area contributed by atoms with Gasteiger partial charge in [0.15, 0.2) is 0 Å². The molecule has 0 aliphatic heterocycles. The first-order valence-electron chi connectivity index (χ1n) is 15.7. The Labute approximate surface area is 375 Å². The third-order valence-electron chi connectivity index (χ3n) is 9.30. The summed E-state index contributed by atoms with van der Waals surface area (Å²) in [5.74, 6) is -243. The summed E-state index contributed by atoms with van der Waals surface area (Å²) in [6.45, 7) is 0. The Balaban J connectivity index is 8.21. The minimum atomic E-state index is -10.9. The van der Waals surface area contributed by atoms with E-state index < -0.39 is 148 Å². The number of aliphatic carboxylic acids is 1. The first kappa shape index (κ1) is 72.0. The van der Waals surface area contributed by atoms with Crippen LogP contribution in [-0.4, -0.2) is 153 Å². The third kappa shape index (κ3) is 7.64. The monoisotopic (exact) mass is 1260 g/mol. The predicted octanol–water partition coefficient (Wildman–Crippen LogP) is 15.2. The maximum Gasteiger partial charge on any atom is 0.460 e. The molecule has 0 aromatic heterocycles. The molecule has 0 aliphatic carbocycles. The summed E-state index contributed by atoms with van der Waals surface area (Å²) in [6, 6.07) is 0. The van der Waals surface area contributed by atoms with Crippen molar-refractivity contribution in [3.8, 4) is 0 Å². The predicted molar refractivity (Wildman–Crippen MR) is 127 cm³/mol. The fourth-order valence-corrected chi connectivity index (χ4v) is 4.45. The second kappa shape index (κ2) is 17.0. The average molecular weight is 1260 g/mol. The molecule has 51 heteroatoms. The summed E-state index contributed by atoms with van der Waals surface area (Å²) in [5.41, 5.74) is 0. The van der Waals surface area contributed by atoms with Crippen LogP contribution in [0.25, 0.3) is 0 Å². The largest absolute Gasteiger partial charge is 0.477 e. The van der Waals surface area contributed by atoms with E-state index in [0.717, 1.165) is 0 Å². The molecule has 0 unspecified atom stereocenters. The van der Waals surface area contributed by atoms with Crippen molar-refractivity contribution >= 4 is 5.97 Å². The molecule has 0 radical (unpaired) electrons. The van der Waals surface area contributed by atoms with Gasteiger partial charge in [-0.1, -0.05) is 0 Å². The van der Waals surface area contributed by atoms with Crippen LogP contribution < -0.4 is 0 Å². The van der Waals surface area contributed by atoms with Gasteiger partial charge in [-0.25, -0.2) is 4.79 Å². The summed E-state index contributed by atoms with van der Waals surface area (Å²) >= 11 is 0. The summed E-state index contributed by atoms with van der Waals surface area (Å²) < 4.78 is 670. The van der Waals surface area contributed by atoms with Crippen molar-refractivity contribution in [3.63, 3.8) is 0 Å². The Bertz CT molecular complexity index is 2140. The van der Waals surface area contributed by atoms with Crippen molar-refractivity contribution in [1.29, 1.82) is 0 Å². The van der Waals surface area contributed by atoms with E-state index >= 15 is 0 Å². The van der Waals surface area contributed by atoms with E-state index in [1.807, 2.05) is 0 Å². The molecule has 0 heterocycles. The second-order valence-corrected chi connectivity index (χ2v) is 14.0. The van der Waals surface area contributed by atoms with Gasteiger partial charge in [-0.2, -0.15) is 215 Å². The first-order valence-corrected chi connectivity index (χ1v) is 15.7. The van der Waals surface area contributed by atoms with Crippen molar-refractivity contribution in [3.05, 3.63) is 0 Å². The van der Waals surface area contributed by atoms with Crippen LogP contribution >= 0.6 is 0 Å². The highest BCUT2D eigenvalue weighted by Crippen LogP contribution is 2.72. The summed E-state index contributed by atoms with van der Waals surface area (Å²) in [6.07, 6.45) is -8.63. The average Bonchev–Trinajstić information content (AvgIpc) is 3.18. The zero-order valence-corrected chi connectivity index (χ0v) is 31.9. The zero-order chi connectivity index (χ0) is 63.6. The summed E-state index contributed by atoms with van der Waals surface area (Å²) in [5, 5.41) is 7.68. The number of carboxylic acids is 1. The molecule has 0 aromatic carbocycles. The molecule has 0 rings (SSSR count). The molecule has 1 N–H and O–H groups in total. The highest BCUT2D eigenvalue weighted by atomic mass is 19.4. The van der Waals surface area contributed by atoms with Crippen LogP contribution in [-0.2, 0) is 4.79 Å². The molecule has 0 amide bonds. The number of hydrogen-bond acceptors (Lipinski definition) is 1. The number of alkyl halides is 49. The molecule has 0 saturated heterocycles. The normalized spacial score (nSPS) is 17.4. The fraction of sp³-hybridized carbons (Fsp3) is 0.960. The van der Waals surface area contributed by atoms with Gasteiger partial charge in [0.2, 0.25) is 0 Å². The highest BCUT2D eigenvalue weighted by molar-refractivity contribution is 5.77. The molecule has 0 bridgehead atoms. The van der Waals surface area contributed by atoms with Crippen LogP contribution in [0.5, 0.6) is 0 Å². The maximum absolute atomic E-state index is 14.1. The van der Waals surface area contributed by atoms with Crippen molar-refractivity contribution in [2.24, 2.45) is 0 Å². The molecule has 456 valence electrons. The van der Waals surface area contributed by atoms with E-state index in [1.165, 1.54) is 0 Å². The molecule has 2 nitrogen and oxygen atoms in total. The van der Waals surface area contributed by atoms with Crippen molar-refractivity contribution in [1.82, 2.24) is 0 Å². The highest BCUT2D eigenvalue weighted by Gasteiger charge is 3.04. The quantitative estimate of drug-likeness (QED) is 0.104. The number of carboxylic acid groups (broad SMARTS) is 1. The van der Waals surface area contributed by atoms with Crippen LogP contribution in [0.1, 0.15) is 0 Å². The molecule has 0 spiro atoms. The van der Waals surface area contributed by atoms with E-state index in [9.17, 15) is 220 Å². The molecule has 0 saturated carbocycles. The lowest BCUT2D eigenvalue weighted by Crippen LogP contribution is -2.81. The Morgan fingerprint density at radius 3 is 0.316 bits per heavy atom. The minimum absolute atomic E-state index is 5.03. The molecular weight excluding hydrogens is 1260 g/mol. The number of hydrogen-bond donors (Lipinski definition) is 1. The van der Waals surface area contributed by atoms with Gasteiger partial charge in [0.25, 0.3) is 0 Å². The van der Waals surface area contributed by atoms with Crippen LogP contribution in [0.3, 0.4) is 0 Å². The molecule has 0 aromatic rings. The van der Waals surface area contributed by atoms with Gasteiger partial charge >= 0.3 is 148 Å². The van der Waals surface area contributed by atoms with E-state index in [-0.39, 0.29) is 0 Å². The zero-order valence-electron chi connectivity index (χ0n) is 31.9. The standard InChI is InChI=1S/C25HF49O2/c26-2(27,1(75)76)3(28,29)4(30,31)5(32,33)6(34,35)7(36,37)8(38,39)9(40,41)10(42,43)11(44,45)12(46,47)13(48,49)14(50,51)15(52,53)16(54,55)17(56,57)18(58,59)19(60,61)20(62,63)21(64,65)22(66,67)23(68,69)24(70,71)25(72,73)74/h(H,75,76). The molecular formula is C25HF49O2. The van der Waals surface area contributed by atoms with Gasteiger partial charge in [0, 0.05) is 0 Å². The number of carbonyl (C=O) groups is 1. The first-order chi connectivity index (χ1) is 31.7. The molecule has 0 aliphatic rings. The topological polar surface area (TPSA) is 37.3 Å². The van der Waals surface area contributed by atoms with Gasteiger partial charge in [0.1, 0.15) is 0 Å². The lowest BCUT2D eigenvalue weighted by Gasteiger charge is -2.47. The fourth-order valence-electron chi connectivity index (χ4n) is 4.45. The van der Waals surface area contributed by atoms with Crippen molar-refractivity contribution < 1.29 is 225 Å². The Kier molecular flexibility index (Phi) is 16.1. The Morgan fingerprint density at radius 2 is 0.237 bits per heavy atom. The molecule has 0 atom stereocenters. The second-order valence-electron chi connectivity index (χ2n) is 14.0. The number of rotatable bonds is 23. The Morgan fingerprint density at radius 1 is 0.158 bits per heavy atom. The third-order valence-corrected chi connectivity index (χ3v) is 9.30. The summed E-state index contributed by atoms with van der Waals surface area (Å²) in [4.78, 5) is 10.0. The maximum atomic E-state index is 14.1. The smallest absolute Gasteiger partial charge is 0.460 e. The van der Waals surface area contributed by atoms with Crippen molar-refractivity contribution in [2.45, 2.75) is 142 Å². The van der Waals surface area contributed by atoms with Gasteiger partial charge in [-0.3, -0.25) is 0 Å². The van der Waals surface area contributed by atoms with Crippen LogP contribution in [0.4, 0.5) is 215 Å². The van der Waals surface area contributed by atoms with Crippen LogP contribution in [0.15, 0.2) is 0 Å².